The largest absolute Gasteiger partial charge is 0.506 e. The molecule has 1 atom stereocenters. The third-order valence-corrected chi connectivity index (χ3v) is 6.79. The van der Waals surface area contributed by atoms with Gasteiger partial charge in [-0.15, -0.1) is 0 Å². The number of hydrogen-bond acceptors (Lipinski definition) is 7. The Bertz CT molecular complexity index is 1200. The molecule has 3 aromatic rings. The number of carbonyl (C=O) groups is 1. The summed E-state index contributed by atoms with van der Waals surface area (Å²) < 4.78 is 26.0. The number of aliphatic hydroxyl groups excluding tert-OH is 1. The van der Waals surface area contributed by atoms with E-state index in [1.807, 2.05) is 0 Å². The van der Waals surface area contributed by atoms with Crippen LogP contribution in [0.15, 0.2) is 70.7 Å². The van der Waals surface area contributed by atoms with Crippen LogP contribution >= 0.6 is 0 Å². The first-order chi connectivity index (χ1) is 15.2. The van der Waals surface area contributed by atoms with Crippen molar-refractivity contribution in [1.82, 2.24) is 10.3 Å². The van der Waals surface area contributed by atoms with Crippen LogP contribution in [0.3, 0.4) is 0 Å². The summed E-state index contributed by atoms with van der Waals surface area (Å²) in [5.41, 5.74) is 7.13. The highest BCUT2D eigenvalue weighted by atomic mass is 32.2. The molecule has 3 rings (SSSR count). The van der Waals surface area contributed by atoms with Crippen molar-refractivity contribution in [3.8, 4) is 5.75 Å². The highest BCUT2D eigenvalue weighted by Gasteiger charge is 2.25. The van der Waals surface area contributed by atoms with Crippen molar-refractivity contribution in [2.24, 2.45) is 5.73 Å². The average Bonchev–Trinajstić information content (AvgIpc) is 2.78. The van der Waals surface area contributed by atoms with Crippen molar-refractivity contribution >= 4 is 15.7 Å². The number of amides is 1. The number of pyridine rings is 1. The highest BCUT2D eigenvalue weighted by Crippen LogP contribution is 2.32. The average molecular weight is 456 g/mol. The van der Waals surface area contributed by atoms with Gasteiger partial charge in [0.2, 0.25) is 9.84 Å². The minimum Gasteiger partial charge on any atom is -0.506 e. The van der Waals surface area contributed by atoms with Crippen LogP contribution < -0.4 is 11.1 Å². The van der Waals surface area contributed by atoms with E-state index >= 15 is 0 Å². The third-order valence-electron chi connectivity index (χ3n) is 5.01. The fourth-order valence-corrected chi connectivity index (χ4v) is 4.72. The third kappa shape index (κ3) is 5.31. The molecule has 0 aliphatic rings. The Morgan fingerprint density at radius 1 is 1.19 bits per heavy atom. The van der Waals surface area contributed by atoms with E-state index in [9.17, 15) is 23.4 Å². The number of rotatable bonds is 9. The summed E-state index contributed by atoms with van der Waals surface area (Å²) in [5, 5.41) is 23.6. The molecule has 5 N–H and O–H groups in total. The van der Waals surface area contributed by atoms with Crippen molar-refractivity contribution < 1.29 is 23.4 Å². The number of hydrogen-bond donors (Lipinski definition) is 4. The van der Waals surface area contributed by atoms with Crippen LogP contribution in [0.4, 0.5) is 0 Å². The van der Waals surface area contributed by atoms with Crippen molar-refractivity contribution in [3.63, 3.8) is 0 Å². The van der Waals surface area contributed by atoms with Crippen LogP contribution in [0.25, 0.3) is 0 Å². The molecule has 0 fully saturated rings. The van der Waals surface area contributed by atoms with Gasteiger partial charge < -0.3 is 21.3 Å². The normalized spacial score (nSPS) is 12.4. The van der Waals surface area contributed by atoms with E-state index in [4.69, 9.17) is 5.73 Å². The van der Waals surface area contributed by atoms with Gasteiger partial charge in [0.25, 0.3) is 5.91 Å². The van der Waals surface area contributed by atoms with E-state index < -0.39 is 27.6 Å². The Kier molecular flexibility index (Phi) is 7.24. The summed E-state index contributed by atoms with van der Waals surface area (Å²) in [6.07, 6.45) is 3.22. The first kappa shape index (κ1) is 23.4. The lowest BCUT2D eigenvalue weighted by molar-refractivity contribution is 0.0997. The standard InChI is InChI=1S/C23H25N3O5S/c1-15-11-19(23(24)29)22(28)21(12-15)32(30,31)18-6-4-16(5-7-18)8-10-26-14-20(27)17-3-2-9-25-13-17/h2-7,9,11-13,20,26-28H,8,10,14H2,1H3,(H2,24,29)/t20-/m0/s1. The Balaban J connectivity index is 1.66. The molecular weight excluding hydrogens is 430 g/mol. The molecule has 1 heterocycles. The van der Waals surface area contributed by atoms with Gasteiger partial charge in [-0.1, -0.05) is 18.2 Å². The van der Waals surface area contributed by atoms with Crippen LogP contribution in [-0.4, -0.2) is 42.6 Å². The smallest absolute Gasteiger partial charge is 0.252 e. The number of benzene rings is 2. The molecule has 8 nitrogen and oxygen atoms in total. The molecule has 1 amide bonds. The zero-order valence-corrected chi connectivity index (χ0v) is 18.3. The van der Waals surface area contributed by atoms with Gasteiger partial charge in [0.1, 0.15) is 10.6 Å². The first-order valence-electron chi connectivity index (χ1n) is 9.96. The number of sulfone groups is 1. The monoisotopic (exact) mass is 455 g/mol. The van der Waals surface area contributed by atoms with Gasteiger partial charge in [0, 0.05) is 24.5 Å². The topological polar surface area (TPSA) is 143 Å². The van der Waals surface area contributed by atoms with Gasteiger partial charge in [-0.2, -0.15) is 0 Å². The first-order valence-corrected chi connectivity index (χ1v) is 11.4. The van der Waals surface area contributed by atoms with E-state index in [1.54, 1.807) is 43.6 Å². The summed E-state index contributed by atoms with van der Waals surface area (Å²) in [6, 6.07) is 12.5. The Morgan fingerprint density at radius 3 is 2.53 bits per heavy atom. The van der Waals surface area contributed by atoms with Gasteiger partial charge in [-0.05, 0) is 61.3 Å². The van der Waals surface area contributed by atoms with Gasteiger partial charge >= 0.3 is 0 Å². The van der Waals surface area contributed by atoms with Crippen molar-refractivity contribution in [3.05, 3.63) is 83.2 Å². The lowest BCUT2D eigenvalue weighted by Gasteiger charge is -2.12. The Labute approximate surface area is 186 Å². The summed E-state index contributed by atoms with van der Waals surface area (Å²) >= 11 is 0. The predicted octanol–water partition coefficient (Wildman–Crippen LogP) is 1.89. The number of primary amides is 1. The zero-order chi connectivity index (χ0) is 23.3. The molecule has 1 aromatic heterocycles. The van der Waals surface area contributed by atoms with Crippen LogP contribution in [0.1, 0.15) is 33.2 Å². The van der Waals surface area contributed by atoms with Crippen molar-refractivity contribution in [1.29, 1.82) is 0 Å². The maximum atomic E-state index is 13.0. The number of aromatic nitrogens is 1. The van der Waals surface area contributed by atoms with Crippen LogP contribution in [-0.2, 0) is 16.3 Å². The molecule has 0 aliphatic carbocycles. The van der Waals surface area contributed by atoms with Gasteiger partial charge in [0.15, 0.2) is 0 Å². The lowest BCUT2D eigenvalue weighted by Crippen LogP contribution is -2.23. The second-order valence-electron chi connectivity index (χ2n) is 7.43. The van der Waals surface area contributed by atoms with Crippen LogP contribution in [0.5, 0.6) is 5.75 Å². The highest BCUT2D eigenvalue weighted by molar-refractivity contribution is 7.91. The summed E-state index contributed by atoms with van der Waals surface area (Å²) in [6.45, 7) is 2.57. The molecule has 0 saturated heterocycles. The molecule has 32 heavy (non-hydrogen) atoms. The molecule has 168 valence electrons. The number of nitrogens with two attached hydrogens (primary N) is 1. The molecule has 0 unspecified atom stereocenters. The number of aliphatic hydroxyl groups is 1. The minimum atomic E-state index is -4.04. The zero-order valence-electron chi connectivity index (χ0n) is 17.5. The SMILES string of the molecule is Cc1cc(C(N)=O)c(O)c(S(=O)(=O)c2ccc(CCNC[C@H](O)c3cccnc3)cc2)c1. The number of phenols is 1. The molecule has 0 aliphatic heterocycles. The maximum absolute atomic E-state index is 13.0. The Hall–Kier alpha value is -3.27. The molecule has 9 heteroatoms. The van der Waals surface area contributed by atoms with Crippen molar-refractivity contribution in [2.45, 2.75) is 29.2 Å². The quantitative estimate of drug-likeness (QED) is 0.361. The lowest BCUT2D eigenvalue weighted by atomic mass is 10.1. The van der Waals surface area contributed by atoms with E-state index in [0.717, 1.165) is 11.1 Å². The molecule has 0 radical (unpaired) electrons. The number of carbonyl (C=O) groups excluding carboxylic acids is 1. The summed E-state index contributed by atoms with van der Waals surface area (Å²) in [7, 11) is -4.04. The molecule has 0 bridgehead atoms. The van der Waals surface area contributed by atoms with Crippen molar-refractivity contribution in [2.75, 3.05) is 13.1 Å². The number of aromatic hydroxyl groups is 1. The molecule has 0 saturated carbocycles. The van der Waals surface area contributed by atoms with E-state index in [2.05, 4.69) is 10.3 Å². The molecule has 0 spiro atoms. The predicted molar refractivity (Wildman–Crippen MR) is 119 cm³/mol. The number of nitrogens with zero attached hydrogens (tertiary/aromatic N) is 1. The van der Waals surface area contributed by atoms with Gasteiger partial charge in [-0.25, -0.2) is 8.42 Å². The fraction of sp³-hybridized carbons (Fsp3) is 0.217. The second kappa shape index (κ2) is 9.90. The van der Waals surface area contributed by atoms with Crippen LogP contribution in [0, 0.1) is 6.92 Å². The summed E-state index contributed by atoms with van der Waals surface area (Å²) in [4.78, 5) is 15.1. The number of nitrogens with one attached hydrogen (secondary N) is 1. The van der Waals surface area contributed by atoms with E-state index in [0.29, 0.717) is 25.1 Å². The molecular formula is C23H25N3O5S. The van der Waals surface area contributed by atoms with Crippen LogP contribution in [0.2, 0.25) is 0 Å². The number of aryl methyl sites for hydroxylation is 1. The van der Waals surface area contributed by atoms with Gasteiger partial charge in [-0.3, -0.25) is 9.78 Å². The minimum absolute atomic E-state index is 0.00229. The maximum Gasteiger partial charge on any atom is 0.252 e. The van der Waals surface area contributed by atoms with Gasteiger partial charge in [0.05, 0.1) is 16.6 Å². The second-order valence-corrected chi connectivity index (χ2v) is 9.35. The van der Waals surface area contributed by atoms with E-state index in [-0.39, 0.29) is 15.4 Å². The fourth-order valence-electron chi connectivity index (χ4n) is 3.26. The Morgan fingerprint density at radius 2 is 1.91 bits per heavy atom. The molecule has 2 aromatic carbocycles. The van der Waals surface area contributed by atoms with E-state index in [1.165, 1.54) is 24.3 Å². The summed E-state index contributed by atoms with van der Waals surface area (Å²) in [5.74, 6) is -1.55.